The van der Waals surface area contributed by atoms with Crippen LogP contribution in [0.25, 0.3) is 0 Å². The maximum absolute atomic E-state index is 13.7. The first-order valence-corrected chi connectivity index (χ1v) is 10.5. The number of ether oxygens (including phenoxy) is 1. The van der Waals surface area contributed by atoms with Crippen LogP contribution in [0.3, 0.4) is 0 Å². The molecule has 1 saturated carbocycles. The number of benzene rings is 1. The van der Waals surface area contributed by atoms with Crippen molar-refractivity contribution in [2.24, 2.45) is 11.8 Å². The van der Waals surface area contributed by atoms with E-state index in [2.05, 4.69) is 15.3 Å². The van der Waals surface area contributed by atoms with E-state index in [1.807, 2.05) is 13.8 Å². The summed E-state index contributed by atoms with van der Waals surface area (Å²) in [5.74, 6) is -0.647. The smallest absolute Gasteiger partial charge is 0.433 e. The predicted octanol–water partition coefficient (Wildman–Crippen LogP) is 6.04. The number of carbonyl (C=O) groups is 1. The molecule has 0 saturated heterocycles. The second-order valence-corrected chi connectivity index (χ2v) is 8.52. The zero-order chi connectivity index (χ0) is 23.5. The molecule has 11 heteroatoms. The second kappa shape index (κ2) is 9.89. The first-order chi connectivity index (χ1) is 15.0. The van der Waals surface area contributed by atoms with Crippen molar-refractivity contribution in [3.05, 3.63) is 46.5 Å². The molecule has 32 heavy (non-hydrogen) atoms. The van der Waals surface area contributed by atoms with Crippen LogP contribution in [0.2, 0.25) is 5.02 Å². The van der Waals surface area contributed by atoms with Gasteiger partial charge in [-0.1, -0.05) is 25.4 Å². The van der Waals surface area contributed by atoms with Crippen molar-refractivity contribution < 1.29 is 27.1 Å². The van der Waals surface area contributed by atoms with Crippen LogP contribution in [0.1, 0.15) is 37.9 Å². The number of rotatable bonds is 8. The third-order valence-corrected chi connectivity index (χ3v) is 4.93. The highest BCUT2D eigenvalue weighted by Crippen LogP contribution is 2.34. The SMILES string of the molecule is CC(C)COC(=O)N(Cc1cnc(Nc2ccc(F)c(Cl)c2)nc1C(F)(F)F)CC1CC1. The Balaban J connectivity index is 1.83. The standard InChI is InChI=1S/C21H23ClF4N4O2/c1-12(2)11-32-20(31)30(9-13-3-4-13)10-14-8-27-19(29-18(14)21(24,25)26)28-15-5-6-17(23)16(22)7-15/h5-8,12-13H,3-4,9-11H2,1-2H3,(H,27,28,29). The molecule has 174 valence electrons. The molecule has 1 aromatic carbocycles. The van der Waals surface area contributed by atoms with E-state index in [-0.39, 0.29) is 47.2 Å². The zero-order valence-corrected chi connectivity index (χ0v) is 18.3. The van der Waals surface area contributed by atoms with E-state index >= 15 is 0 Å². The van der Waals surface area contributed by atoms with Crippen molar-refractivity contribution in [1.82, 2.24) is 14.9 Å². The molecule has 1 fully saturated rings. The topological polar surface area (TPSA) is 67.3 Å². The van der Waals surface area contributed by atoms with Crippen molar-refractivity contribution in [2.45, 2.75) is 39.4 Å². The maximum Gasteiger partial charge on any atom is 0.433 e. The van der Waals surface area contributed by atoms with E-state index in [9.17, 15) is 22.4 Å². The number of hydrogen-bond donors (Lipinski definition) is 1. The summed E-state index contributed by atoms with van der Waals surface area (Å²) in [5.41, 5.74) is -1.19. The average molecular weight is 475 g/mol. The summed E-state index contributed by atoms with van der Waals surface area (Å²) in [5, 5.41) is 2.39. The van der Waals surface area contributed by atoms with E-state index in [0.29, 0.717) is 6.54 Å². The first-order valence-electron chi connectivity index (χ1n) is 10.1. The third-order valence-electron chi connectivity index (χ3n) is 4.64. The molecule has 0 atom stereocenters. The summed E-state index contributed by atoms with van der Waals surface area (Å²) < 4.78 is 59.8. The molecular weight excluding hydrogens is 452 g/mol. The van der Waals surface area contributed by atoms with Gasteiger partial charge in [0.2, 0.25) is 5.95 Å². The monoisotopic (exact) mass is 474 g/mol. The summed E-state index contributed by atoms with van der Waals surface area (Å²) in [6.45, 7) is 3.89. The molecule has 0 aliphatic heterocycles. The van der Waals surface area contributed by atoms with Crippen molar-refractivity contribution in [1.29, 1.82) is 0 Å². The summed E-state index contributed by atoms with van der Waals surface area (Å²) in [6.07, 6.45) is -2.58. The normalized spacial score (nSPS) is 13.9. The highest BCUT2D eigenvalue weighted by molar-refractivity contribution is 6.31. The number of anilines is 2. The molecule has 3 rings (SSSR count). The Bertz CT molecular complexity index is 967. The number of alkyl halides is 3. The highest BCUT2D eigenvalue weighted by Gasteiger charge is 2.37. The van der Waals surface area contributed by atoms with Gasteiger partial charge >= 0.3 is 12.3 Å². The number of nitrogens with one attached hydrogen (secondary N) is 1. The van der Waals surface area contributed by atoms with Crippen molar-refractivity contribution in [3.8, 4) is 0 Å². The molecule has 1 N–H and O–H groups in total. The minimum atomic E-state index is -4.78. The van der Waals surface area contributed by atoms with Crippen LogP contribution in [-0.4, -0.2) is 34.1 Å². The lowest BCUT2D eigenvalue weighted by Gasteiger charge is -2.24. The van der Waals surface area contributed by atoms with Crippen molar-refractivity contribution in [2.75, 3.05) is 18.5 Å². The number of aromatic nitrogens is 2. The largest absolute Gasteiger partial charge is 0.449 e. The Labute approximate surface area is 187 Å². The van der Waals surface area contributed by atoms with Gasteiger partial charge in [-0.15, -0.1) is 0 Å². The van der Waals surface area contributed by atoms with Gasteiger partial charge in [-0.2, -0.15) is 13.2 Å². The molecule has 1 aromatic heterocycles. The quantitative estimate of drug-likeness (QED) is 0.473. The Hall–Kier alpha value is -2.62. The Morgan fingerprint density at radius 3 is 2.66 bits per heavy atom. The fourth-order valence-electron chi connectivity index (χ4n) is 2.88. The lowest BCUT2D eigenvalue weighted by molar-refractivity contribution is -0.142. The van der Waals surface area contributed by atoms with Gasteiger partial charge < -0.3 is 15.0 Å². The minimum absolute atomic E-state index is 0.0983. The highest BCUT2D eigenvalue weighted by atomic mass is 35.5. The lowest BCUT2D eigenvalue weighted by Crippen LogP contribution is -2.34. The van der Waals surface area contributed by atoms with Crippen LogP contribution in [0, 0.1) is 17.7 Å². The molecule has 0 bridgehead atoms. The molecule has 6 nitrogen and oxygen atoms in total. The number of halogens is 5. The van der Waals surface area contributed by atoms with Crippen molar-refractivity contribution in [3.63, 3.8) is 0 Å². The predicted molar refractivity (Wildman–Crippen MR) is 111 cm³/mol. The number of carbonyl (C=O) groups excluding carboxylic acids is 1. The fourth-order valence-corrected chi connectivity index (χ4v) is 3.06. The molecule has 2 aromatic rings. The van der Waals surface area contributed by atoms with E-state index in [0.717, 1.165) is 25.1 Å². The Morgan fingerprint density at radius 2 is 2.06 bits per heavy atom. The summed E-state index contributed by atoms with van der Waals surface area (Å²) in [7, 11) is 0. The number of amides is 1. The number of nitrogens with zero attached hydrogens (tertiary/aromatic N) is 3. The van der Waals surface area contributed by atoms with E-state index in [1.54, 1.807) is 0 Å². The maximum atomic E-state index is 13.7. The molecule has 0 unspecified atom stereocenters. The second-order valence-electron chi connectivity index (χ2n) is 8.11. The third kappa shape index (κ3) is 6.69. The van der Waals surface area contributed by atoms with Crippen LogP contribution in [0.5, 0.6) is 0 Å². The average Bonchev–Trinajstić information content (AvgIpc) is 3.53. The summed E-state index contributed by atoms with van der Waals surface area (Å²) >= 11 is 5.70. The van der Waals surface area contributed by atoms with Crippen LogP contribution in [-0.2, 0) is 17.5 Å². The fraction of sp³-hybridized carbons (Fsp3) is 0.476. The molecule has 0 radical (unpaired) electrons. The van der Waals surface area contributed by atoms with Gasteiger partial charge in [-0.3, -0.25) is 0 Å². The lowest BCUT2D eigenvalue weighted by atomic mass is 10.2. The number of hydrogen-bond acceptors (Lipinski definition) is 5. The van der Waals surface area contributed by atoms with Crippen LogP contribution in [0.4, 0.5) is 34.0 Å². The van der Waals surface area contributed by atoms with Crippen LogP contribution < -0.4 is 5.32 Å². The molecule has 1 aliphatic carbocycles. The molecule has 0 spiro atoms. The first kappa shape index (κ1) is 24.0. The van der Waals surface area contributed by atoms with E-state index < -0.39 is 23.8 Å². The van der Waals surface area contributed by atoms with E-state index in [4.69, 9.17) is 16.3 Å². The molecule has 1 heterocycles. The van der Waals surface area contributed by atoms with Crippen molar-refractivity contribution >= 4 is 29.3 Å². The van der Waals surface area contributed by atoms with Gasteiger partial charge in [-0.05, 0) is 42.9 Å². The van der Waals surface area contributed by atoms with Gasteiger partial charge in [0.25, 0.3) is 0 Å². The minimum Gasteiger partial charge on any atom is -0.449 e. The zero-order valence-electron chi connectivity index (χ0n) is 17.5. The van der Waals surface area contributed by atoms with Gasteiger partial charge in [0.1, 0.15) is 5.82 Å². The van der Waals surface area contributed by atoms with Gasteiger partial charge in [0, 0.05) is 24.0 Å². The summed E-state index contributed by atoms with van der Waals surface area (Å²) in [4.78, 5) is 21.3. The van der Waals surface area contributed by atoms with E-state index in [1.165, 1.54) is 17.0 Å². The molecule has 1 aliphatic rings. The Morgan fingerprint density at radius 1 is 1.34 bits per heavy atom. The molecule has 1 amide bonds. The van der Waals surface area contributed by atoms with Gasteiger partial charge in [-0.25, -0.2) is 19.2 Å². The van der Waals surface area contributed by atoms with Crippen LogP contribution in [0.15, 0.2) is 24.4 Å². The van der Waals surface area contributed by atoms with Gasteiger partial charge in [0.05, 0.1) is 18.2 Å². The Kier molecular flexibility index (Phi) is 7.43. The summed E-state index contributed by atoms with van der Waals surface area (Å²) in [6, 6.07) is 3.58. The molecular formula is C21H23ClF4N4O2. The van der Waals surface area contributed by atoms with Crippen LogP contribution >= 0.6 is 11.6 Å². The van der Waals surface area contributed by atoms with Gasteiger partial charge in [0.15, 0.2) is 5.69 Å².